The van der Waals surface area contributed by atoms with Crippen molar-refractivity contribution in [2.24, 2.45) is 0 Å². The summed E-state index contributed by atoms with van der Waals surface area (Å²) in [5.74, 6) is -1.91. The third-order valence-electron chi connectivity index (χ3n) is 3.79. The second kappa shape index (κ2) is 9.41. The van der Waals surface area contributed by atoms with Crippen LogP contribution in [0.2, 0.25) is 0 Å². The van der Waals surface area contributed by atoms with Crippen LogP contribution < -0.4 is 10.6 Å². The fourth-order valence-corrected chi connectivity index (χ4v) is 3.21. The van der Waals surface area contributed by atoms with E-state index in [0.29, 0.717) is 4.90 Å². The van der Waals surface area contributed by atoms with Crippen LogP contribution >= 0.6 is 11.8 Å². The molecule has 136 valence electrons. The molecule has 1 saturated carbocycles. The number of urea groups is 1. The predicted molar refractivity (Wildman–Crippen MR) is 91.6 cm³/mol. The summed E-state index contributed by atoms with van der Waals surface area (Å²) >= 11 is 0.984. The van der Waals surface area contributed by atoms with E-state index in [9.17, 15) is 18.8 Å². The number of benzene rings is 1. The minimum Gasteiger partial charge on any atom is -0.452 e. The molecular formula is C17H21FN2O4S. The Kier molecular flexibility index (Phi) is 7.24. The minimum atomic E-state index is -1.11. The van der Waals surface area contributed by atoms with Gasteiger partial charge in [0.15, 0.2) is 6.10 Å². The van der Waals surface area contributed by atoms with Crippen LogP contribution in [0.3, 0.4) is 0 Å². The summed E-state index contributed by atoms with van der Waals surface area (Å²) in [5.41, 5.74) is 0. The first-order valence-corrected chi connectivity index (χ1v) is 9.12. The molecule has 1 aliphatic carbocycles. The molecule has 1 aromatic carbocycles. The lowest BCUT2D eigenvalue weighted by molar-refractivity contribution is -0.151. The van der Waals surface area contributed by atoms with Gasteiger partial charge >= 0.3 is 12.0 Å². The molecule has 25 heavy (non-hydrogen) atoms. The number of imide groups is 1. The van der Waals surface area contributed by atoms with Crippen molar-refractivity contribution < 1.29 is 23.5 Å². The van der Waals surface area contributed by atoms with Crippen LogP contribution in [0, 0.1) is 5.82 Å². The molecule has 3 amide bonds. The number of amides is 3. The highest BCUT2D eigenvalue weighted by molar-refractivity contribution is 8.00. The lowest BCUT2D eigenvalue weighted by Crippen LogP contribution is -2.47. The minimum absolute atomic E-state index is 0.0859. The lowest BCUT2D eigenvalue weighted by Gasteiger charge is -2.15. The fraction of sp³-hybridized carbons (Fsp3) is 0.471. The van der Waals surface area contributed by atoms with E-state index < -0.39 is 29.8 Å². The highest BCUT2D eigenvalue weighted by atomic mass is 32.2. The van der Waals surface area contributed by atoms with E-state index in [1.54, 1.807) is 18.2 Å². The van der Waals surface area contributed by atoms with Gasteiger partial charge in [-0.05, 0) is 31.9 Å². The van der Waals surface area contributed by atoms with Gasteiger partial charge in [-0.1, -0.05) is 25.0 Å². The standard InChI is InChI=1S/C17H21FN2O4S/c1-11(16(22)20-17(23)19-12-6-2-3-7-12)24-15(21)10-25-14-9-5-4-8-13(14)18/h4-5,8-9,11-12H,2-3,6-7,10H2,1H3,(H2,19,20,22,23)/t11-/m0/s1. The van der Waals surface area contributed by atoms with Crippen molar-refractivity contribution in [2.45, 2.75) is 49.6 Å². The summed E-state index contributed by atoms with van der Waals surface area (Å²) in [6.07, 6.45) is 2.82. The van der Waals surface area contributed by atoms with Crippen molar-refractivity contribution in [3.8, 4) is 0 Å². The summed E-state index contributed by atoms with van der Waals surface area (Å²) in [6.45, 7) is 1.38. The molecule has 2 N–H and O–H groups in total. The molecule has 0 saturated heterocycles. The van der Waals surface area contributed by atoms with Crippen LogP contribution in [0.5, 0.6) is 0 Å². The van der Waals surface area contributed by atoms with E-state index in [0.717, 1.165) is 37.4 Å². The molecule has 0 heterocycles. The number of thioether (sulfide) groups is 1. The first-order valence-electron chi connectivity index (χ1n) is 8.14. The molecule has 1 aliphatic rings. The maximum atomic E-state index is 13.5. The lowest BCUT2D eigenvalue weighted by atomic mass is 10.2. The molecule has 1 aromatic rings. The van der Waals surface area contributed by atoms with Crippen molar-refractivity contribution in [3.05, 3.63) is 30.1 Å². The number of hydrogen-bond donors (Lipinski definition) is 2. The zero-order chi connectivity index (χ0) is 18.2. The zero-order valence-electron chi connectivity index (χ0n) is 13.9. The Bertz CT molecular complexity index is 635. The third kappa shape index (κ3) is 6.38. The topological polar surface area (TPSA) is 84.5 Å². The maximum Gasteiger partial charge on any atom is 0.321 e. The number of carbonyl (C=O) groups is 3. The van der Waals surface area contributed by atoms with Gasteiger partial charge in [0.2, 0.25) is 0 Å². The third-order valence-corrected chi connectivity index (χ3v) is 4.81. The monoisotopic (exact) mass is 368 g/mol. The maximum absolute atomic E-state index is 13.5. The number of rotatable bonds is 6. The highest BCUT2D eigenvalue weighted by Crippen LogP contribution is 2.21. The van der Waals surface area contributed by atoms with Gasteiger partial charge in [-0.25, -0.2) is 9.18 Å². The van der Waals surface area contributed by atoms with Gasteiger partial charge in [0.1, 0.15) is 5.82 Å². The van der Waals surface area contributed by atoms with Gasteiger partial charge in [-0.2, -0.15) is 0 Å². The van der Waals surface area contributed by atoms with Crippen molar-refractivity contribution >= 4 is 29.7 Å². The van der Waals surface area contributed by atoms with Crippen molar-refractivity contribution in [3.63, 3.8) is 0 Å². The molecule has 0 aromatic heterocycles. The SMILES string of the molecule is C[C@H](OC(=O)CSc1ccccc1F)C(=O)NC(=O)NC1CCCC1. The number of carbonyl (C=O) groups excluding carboxylic acids is 3. The number of nitrogens with one attached hydrogen (secondary N) is 2. The van der Waals surface area contributed by atoms with Gasteiger partial charge in [0.25, 0.3) is 5.91 Å². The summed E-state index contributed by atoms with van der Waals surface area (Å²) in [5, 5.41) is 4.88. The van der Waals surface area contributed by atoms with Crippen molar-refractivity contribution in [2.75, 3.05) is 5.75 Å². The first-order chi connectivity index (χ1) is 12.0. The van der Waals surface area contributed by atoms with Crippen LogP contribution in [0.25, 0.3) is 0 Å². The second-order valence-electron chi connectivity index (χ2n) is 5.80. The first kappa shape index (κ1) is 19.2. The van der Waals surface area contributed by atoms with Gasteiger partial charge in [-0.15, -0.1) is 11.8 Å². The van der Waals surface area contributed by atoms with Crippen molar-refractivity contribution in [1.82, 2.24) is 10.6 Å². The largest absolute Gasteiger partial charge is 0.452 e. The molecule has 8 heteroatoms. The highest BCUT2D eigenvalue weighted by Gasteiger charge is 2.22. The number of esters is 1. The fourth-order valence-electron chi connectivity index (χ4n) is 2.49. The number of hydrogen-bond acceptors (Lipinski definition) is 5. The van der Waals surface area contributed by atoms with Crippen LogP contribution in [0.4, 0.5) is 9.18 Å². The normalized spacial score (nSPS) is 15.4. The van der Waals surface area contributed by atoms with E-state index in [1.165, 1.54) is 13.0 Å². The average molecular weight is 368 g/mol. The second-order valence-corrected chi connectivity index (χ2v) is 6.81. The Morgan fingerprint density at radius 1 is 1.28 bits per heavy atom. The van der Waals surface area contributed by atoms with Gasteiger partial charge < -0.3 is 10.1 Å². The average Bonchev–Trinajstić information content (AvgIpc) is 3.06. The summed E-state index contributed by atoms with van der Waals surface area (Å²) in [6, 6.07) is 5.57. The predicted octanol–water partition coefficient (Wildman–Crippen LogP) is 2.62. The molecule has 0 unspecified atom stereocenters. The van der Waals surface area contributed by atoms with Gasteiger partial charge in [0.05, 0.1) is 5.75 Å². The zero-order valence-corrected chi connectivity index (χ0v) is 14.7. The smallest absolute Gasteiger partial charge is 0.321 e. The van der Waals surface area contributed by atoms with E-state index in [4.69, 9.17) is 4.74 Å². The summed E-state index contributed by atoms with van der Waals surface area (Å²) < 4.78 is 18.4. The quantitative estimate of drug-likeness (QED) is 0.596. The van der Waals surface area contributed by atoms with Crippen molar-refractivity contribution in [1.29, 1.82) is 0 Å². The van der Waals surface area contributed by atoms with Gasteiger partial charge in [0, 0.05) is 10.9 Å². The van der Waals surface area contributed by atoms with E-state index in [2.05, 4.69) is 10.6 Å². The molecule has 1 fully saturated rings. The molecule has 1 atom stereocenters. The molecule has 0 aliphatic heterocycles. The molecule has 6 nitrogen and oxygen atoms in total. The Morgan fingerprint density at radius 2 is 1.96 bits per heavy atom. The summed E-state index contributed by atoms with van der Waals surface area (Å²) in [7, 11) is 0. The Hall–Kier alpha value is -2.09. The van der Waals surface area contributed by atoms with Crippen LogP contribution in [0.1, 0.15) is 32.6 Å². The molecule has 0 spiro atoms. The Balaban J connectivity index is 1.71. The molecular weight excluding hydrogens is 347 g/mol. The molecule has 0 radical (unpaired) electrons. The van der Waals surface area contributed by atoms with Crippen LogP contribution in [-0.4, -0.2) is 35.8 Å². The molecule has 2 rings (SSSR count). The Morgan fingerprint density at radius 3 is 2.64 bits per heavy atom. The number of ether oxygens (including phenoxy) is 1. The van der Waals surface area contributed by atoms with Crippen LogP contribution in [0.15, 0.2) is 29.2 Å². The van der Waals surface area contributed by atoms with Gasteiger partial charge in [-0.3, -0.25) is 14.9 Å². The molecule has 0 bridgehead atoms. The van der Waals surface area contributed by atoms with E-state index in [-0.39, 0.29) is 11.8 Å². The van der Waals surface area contributed by atoms with E-state index in [1.807, 2.05) is 0 Å². The van der Waals surface area contributed by atoms with E-state index >= 15 is 0 Å². The summed E-state index contributed by atoms with van der Waals surface area (Å²) in [4.78, 5) is 35.7. The Labute approximate surface area is 149 Å². The number of halogens is 1. The van der Waals surface area contributed by atoms with Crippen LogP contribution in [-0.2, 0) is 14.3 Å².